The summed E-state index contributed by atoms with van der Waals surface area (Å²) in [5, 5.41) is 0.186. The molecule has 2 unspecified atom stereocenters. The molecule has 0 bridgehead atoms. The molecule has 0 aromatic rings. The Morgan fingerprint density at radius 2 is 2.20 bits per heavy atom. The molecule has 1 radical (unpaired) electrons. The van der Waals surface area contributed by atoms with Gasteiger partial charge in [0.1, 0.15) is 6.29 Å². The molecule has 2 saturated carbocycles. The van der Waals surface area contributed by atoms with E-state index >= 15 is 0 Å². The quantitative estimate of drug-likeness (QED) is 0.532. The molecule has 2 fully saturated rings. The number of alkyl halides is 1. The Balaban J connectivity index is 1.92. The second-order valence-electron chi connectivity index (χ2n) is 4.60. The van der Waals surface area contributed by atoms with Gasteiger partial charge in [0.25, 0.3) is 0 Å². The lowest BCUT2D eigenvalue weighted by Crippen LogP contribution is -2.45. The van der Waals surface area contributed by atoms with Crippen molar-refractivity contribution >= 4 is 17.9 Å². The normalized spacial score (nSPS) is 31.9. The largest absolute Gasteiger partial charge is 0.303 e. The summed E-state index contributed by atoms with van der Waals surface area (Å²) in [6, 6.07) is 1.19. The van der Waals surface area contributed by atoms with Gasteiger partial charge in [-0.2, -0.15) is 0 Å². The van der Waals surface area contributed by atoms with E-state index in [1.807, 2.05) is 0 Å². The van der Waals surface area contributed by atoms with Crippen molar-refractivity contribution in [2.75, 3.05) is 6.54 Å². The molecule has 2 nitrogen and oxygen atoms in total. The Labute approximate surface area is 97.0 Å². The first-order valence-electron chi connectivity index (χ1n) is 5.99. The highest BCUT2D eigenvalue weighted by Crippen LogP contribution is 2.35. The molecule has 0 N–H and O–H groups in total. The molecule has 15 heavy (non-hydrogen) atoms. The summed E-state index contributed by atoms with van der Waals surface area (Å²) in [5.74, 6) is 0. The van der Waals surface area contributed by atoms with Gasteiger partial charge >= 0.3 is 0 Å². The maximum absolute atomic E-state index is 10.4. The summed E-state index contributed by atoms with van der Waals surface area (Å²) in [6.45, 7) is 0.899. The van der Waals surface area contributed by atoms with Gasteiger partial charge in [0, 0.05) is 25.0 Å². The molecule has 0 saturated heterocycles. The Hall–Kier alpha value is -0.0800. The molecular formula is C12H19ClNO. The van der Waals surface area contributed by atoms with Crippen LogP contribution in [0.1, 0.15) is 38.5 Å². The summed E-state index contributed by atoms with van der Waals surface area (Å²) in [5.41, 5.74) is 0. The second kappa shape index (κ2) is 5.31. The van der Waals surface area contributed by atoms with Crippen molar-refractivity contribution in [1.82, 2.24) is 4.90 Å². The van der Waals surface area contributed by atoms with Gasteiger partial charge in [-0.3, -0.25) is 4.90 Å². The van der Waals surface area contributed by atoms with Crippen LogP contribution in [0.4, 0.5) is 0 Å². The van der Waals surface area contributed by atoms with E-state index < -0.39 is 0 Å². The van der Waals surface area contributed by atoms with Gasteiger partial charge in [-0.25, -0.2) is 0 Å². The maximum atomic E-state index is 10.4. The van der Waals surface area contributed by atoms with Crippen molar-refractivity contribution in [3.8, 4) is 0 Å². The van der Waals surface area contributed by atoms with Crippen LogP contribution in [0, 0.1) is 6.42 Å². The fourth-order valence-corrected chi connectivity index (χ4v) is 2.89. The zero-order valence-corrected chi connectivity index (χ0v) is 9.83. The Morgan fingerprint density at radius 3 is 2.80 bits per heavy atom. The third kappa shape index (κ3) is 2.94. The molecule has 2 aliphatic rings. The molecule has 2 aliphatic carbocycles. The number of carbonyl (C=O) groups is 1. The minimum absolute atomic E-state index is 0.186. The van der Waals surface area contributed by atoms with Gasteiger partial charge in [-0.1, -0.05) is 6.42 Å². The molecule has 0 spiro atoms. The number of halogens is 1. The molecule has 3 heteroatoms. The first kappa shape index (κ1) is 11.4. The Morgan fingerprint density at radius 1 is 1.40 bits per heavy atom. The van der Waals surface area contributed by atoms with Gasteiger partial charge < -0.3 is 4.79 Å². The van der Waals surface area contributed by atoms with E-state index in [9.17, 15) is 4.79 Å². The zero-order valence-electron chi connectivity index (χ0n) is 9.07. The average molecular weight is 229 g/mol. The fourth-order valence-electron chi connectivity index (χ4n) is 2.50. The number of carbonyl (C=O) groups excluding carboxylic acids is 1. The van der Waals surface area contributed by atoms with Crippen molar-refractivity contribution in [3.05, 3.63) is 6.42 Å². The molecule has 0 amide bonds. The first-order valence-corrected chi connectivity index (χ1v) is 6.43. The van der Waals surface area contributed by atoms with E-state index in [0.29, 0.717) is 18.5 Å². The van der Waals surface area contributed by atoms with Crippen LogP contribution in [0.3, 0.4) is 0 Å². The van der Waals surface area contributed by atoms with Gasteiger partial charge in [0.15, 0.2) is 0 Å². The third-order valence-corrected chi connectivity index (χ3v) is 3.88. The zero-order chi connectivity index (χ0) is 10.7. The smallest absolute Gasteiger partial charge is 0.121 e. The van der Waals surface area contributed by atoms with Crippen molar-refractivity contribution < 1.29 is 4.79 Å². The van der Waals surface area contributed by atoms with Gasteiger partial charge in [-0.05, 0) is 32.1 Å². The molecule has 0 aromatic heterocycles. The number of rotatable bonds is 5. The standard InChI is InChI=1S/C12H19ClNO/c13-11-4-1-2-5-12(11)14(8-3-9-15)10-6-7-10/h4,9-12H,1-3,5-8H2. The molecule has 2 rings (SSSR count). The van der Waals surface area contributed by atoms with Gasteiger partial charge in [0.2, 0.25) is 0 Å². The van der Waals surface area contributed by atoms with Crippen LogP contribution in [0.2, 0.25) is 0 Å². The monoisotopic (exact) mass is 228 g/mol. The van der Waals surface area contributed by atoms with Crippen LogP contribution in [0.15, 0.2) is 0 Å². The van der Waals surface area contributed by atoms with Crippen LogP contribution in [0.5, 0.6) is 0 Å². The summed E-state index contributed by atoms with van der Waals surface area (Å²) in [7, 11) is 0. The lowest BCUT2D eigenvalue weighted by Gasteiger charge is -2.37. The minimum Gasteiger partial charge on any atom is -0.303 e. The highest BCUT2D eigenvalue weighted by Gasteiger charge is 2.37. The molecule has 0 aliphatic heterocycles. The highest BCUT2D eigenvalue weighted by atomic mass is 35.5. The van der Waals surface area contributed by atoms with Crippen molar-refractivity contribution in [2.45, 2.75) is 56.0 Å². The number of aldehydes is 1. The Bertz CT molecular complexity index is 218. The first-order chi connectivity index (χ1) is 7.33. The predicted octanol–water partition coefficient (Wildman–Crippen LogP) is 2.40. The van der Waals surface area contributed by atoms with Crippen LogP contribution in [-0.4, -0.2) is 35.2 Å². The van der Waals surface area contributed by atoms with Crippen molar-refractivity contribution in [1.29, 1.82) is 0 Å². The van der Waals surface area contributed by atoms with E-state index in [1.54, 1.807) is 0 Å². The lowest BCUT2D eigenvalue weighted by atomic mass is 9.93. The SMILES string of the molecule is O=CCCN(C1CC1)C1CCC[CH]C1Cl. The minimum atomic E-state index is 0.186. The highest BCUT2D eigenvalue weighted by molar-refractivity contribution is 6.22. The number of hydrogen-bond acceptors (Lipinski definition) is 2. The fraction of sp³-hybridized carbons (Fsp3) is 0.833. The summed E-state index contributed by atoms with van der Waals surface area (Å²) >= 11 is 6.34. The summed E-state index contributed by atoms with van der Waals surface area (Å²) in [4.78, 5) is 12.9. The van der Waals surface area contributed by atoms with Crippen LogP contribution in [-0.2, 0) is 4.79 Å². The summed E-state index contributed by atoms with van der Waals surface area (Å²) in [6.07, 6.45) is 10.1. The molecule has 0 aromatic carbocycles. The van der Waals surface area contributed by atoms with Crippen molar-refractivity contribution in [3.63, 3.8) is 0 Å². The Kier molecular flexibility index (Phi) is 4.04. The van der Waals surface area contributed by atoms with Crippen LogP contribution < -0.4 is 0 Å². The van der Waals surface area contributed by atoms with E-state index in [-0.39, 0.29) is 5.38 Å². The molecule has 2 atom stereocenters. The molecule has 85 valence electrons. The van der Waals surface area contributed by atoms with E-state index in [4.69, 9.17) is 11.6 Å². The van der Waals surface area contributed by atoms with Crippen LogP contribution >= 0.6 is 11.6 Å². The van der Waals surface area contributed by atoms with Crippen LogP contribution in [0.25, 0.3) is 0 Å². The number of nitrogens with zero attached hydrogens (tertiary/aromatic N) is 1. The predicted molar refractivity (Wildman–Crippen MR) is 62.0 cm³/mol. The van der Waals surface area contributed by atoms with Crippen molar-refractivity contribution in [2.24, 2.45) is 0 Å². The average Bonchev–Trinajstić information content (AvgIpc) is 3.05. The van der Waals surface area contributed by atoms with E-state index in [0.717, 1.165) is 19.3 Å². The second-order valence-corrected chi connectivity index (χ2v) is 5.11. The number of hydrogen-bond donors (Lipinski definition) is 0. The maximum Gasteiger partial charge on any atom is 0.121 e. The molecule has 0 heterocycles. The molecular weight excluding hydrogens is 210 g/mol. The van der Waals surface area contributed by atoms with Gasteiger partial charge in [-0.15, -0.1) is 11.6 Å². The van der Waals surface area contributed by atoms with Gasteiger partial charge in [0.05, 0.1) is 5.38 Å². The third-order valence-electron chi connectivity index (χ3n) is 3.41. The topological polar surface area (TPSA) is 20.3 Å². The van der Waals surface area contributed by atoms with E-state index in [2.05, 4.69) is 11.3 Å². The lowest BCUT2D eigenvalue weighted by molar-refractivity contribution is -0.108. The summed E-state index contributed by atoms with van der Waals surface area (Å²) < 4.78 is 0. The van der Waals surface area contributed by atoms with E-state index in [1.165, 1.54) is 25.7 Å².